The van der Waals surface area contributed by atoms with Gasteiger partial charge in [0.15, 0.2) is 5.84 Å². The average molecular weight is 317 g/mol. The molecule has 1 aliphatic rings. The number of benzene rings is 1. The highest BCUT2D eigenvalue weighted by Gasteiger charge is 2.27. The highest BCUT2D eigenvalue weighted by molar-refractivity contribution is 6.70. The van der Waals surface area contributed by atoms with Crippen LogP contribution in [0.2, 0.25) is 0 Å². The van der Waals surface area contributed by atoms with Gasteiger partial charge >= 0.3 is 0 Å². The molecule has 23 heavy (non-hydrogen) atoms. The standard InChI is InChI=1S/C15H23N7O/c1-4-22-14(16)13(12(20-22)9-21(2)3)19-10-5-7-11(8-6-10)23-15(17)18/h5-8,15-16H,4,9,17-18H2,1-3H3. The van der Waals surface area contributed by atoms with Gasteiger partial charge in [-0.05, 0) is 45.3 Å². The normalized spacial score (nSPS) is 16.7. The summed E-state index contributed by atoms with van der Waals surface area (Å²) in [6, 6.07) is 7.07. The Kier molecular flexibility index (Phi) is 5.43. The molecule has 1 aromatic rings. The fourth-order valence-electron chi connectivity index (χ4n) is 2.14. The van der Waals surface area contributed by atoms with Crippen molar-refractivity contribution in [1.29, 1.82) is 5.41 Å². The molecule has 1 aliphatic heterocycles. The molecule has 0 aromatic heterocycles. The molecule has 0 atom stereocenters. The predicted octanol–water partition coefficient (Wildman–Crippen LogP) is 0.569. The summed E-state index contributed by atoms with van der Waals surface area (Å²) in [4.78, 5) is 6.57. The zero-order chi connectivity index (χ0) is 17.0. The average Bonchev–Trinajstić information content (AvgIpc) is 2.76. The molecule has 0 fully saturated rings. The van der Waals surface area contributed by atoms with Crippen molar-refractivity contribution in [2.75, 3.05) is 27.2 Å². The molecule has 0 radical (unpaired) electrons. The van der Waals surface area contributed by atoms with E-state index in [1.54, 1.807) is 29.3 Å². The Bertz CT molecular complexity index is 619. The number of nitrogens with two attached hydrogens (primary N) is 2. The van der Waals surface area contributed by atoms with Gasteiger partial charge in [0, 0.05) is 13.1 Å². The van der Waals surface area contributed by atoms with Gasteiger partial charge in [-0.25, -0.2) is 10.0 Å². The van der Waals surface area contributed by atoms with Crippen LogP contribution in [0.5, 0.6) is 5.75 Å². The number of ether oxygens (including phenoxy) is 1. The van der Waals surface area contributed by atoms with Crippen molar-refractivity contribution in [2.24, 2.45) is 21.6 Å². The van der Waals surface area contributed by atoms with E-state index in [2.05, 4.69) is 10.1 Å². The number of nitrogens with zero attached hydrogens (tertiary/aromatic N) is 4. The topological polar surface area (TPSA) is 116 Å². The second kappa shape index (κ2) is 7.32. The van der Waals surface area contributed by atoms with Gasteiger partial charge in [0.25, 0.3) is 0 Å². The Balaban J connectivity index is 2.25. The lowest BCUT2D eigenvalue weighted by atomic mass is 10.2. The van der Waals surface area contributed by atoms with Crippen LogP contribution in [0.15, 0.2) is 34.4 Å². The SMILES string of the molecule is CCN1N=C(CN(C)C)C(=Nc2ccc(OC(N)N)cc2)C1=N. The fourth-order valence-corrected chi connectivity index (χ4v) is 2.14. The molecule has 1 heterocycles. The van der Waals surface area contributed by atoms with Crippen LogP contribution >= 0.6 is 0 Å². The summed E-state index contributed by atoms with van der Waals surface area (Å²) < 4.78 is 5.19. The van der Waals surface area contributed by atoms with Crippen molar-refractivity contribution in [2.45, 2.75) is 13.3 Å². The molecular weight excluding hydrogens is 294 g/mol. The van der Waals surface area contributed by atoms with E-state index in [0.717, 1.165) is 5.71 Å². The van der Waals surface area contributed by atoms with Crippen molar-refractivity contribution in [1.82, 2.24) is 9.91 Å². The van der Waals surface area contributed by atoms with Gasteiger partial charge in [-0.15, -0.1) is 0 Å². The zero-order valence-electron chi connectivity index (χ0n) is 13.7. The van der Waals surface area contributed by atoms with Crippen LogP contribution in [0.25, 0.3) is 0 Å². The monoisotopic (exact) mass is 317 g/mol. The van der Waals surface area contributed by atoms with Crippen molar-refractivity contribution in [3.8, 4) is 5.75 Å². The number of hydrazone groups is 1. The van der Waals surface area contributed by atoms with E-state index in [1.165, 1.54) is 0 Å². The Hall–Kier alpha value is -2.29. The third-order valence-electron chi connectivity index (χ3n) is 3.11. The minimum Gasteiger partial charge on any atom is -0.463 e. The zero-order valence-corrected chi connectivity index (χ0v) is 13.7. The lowest BCUT2D eigenvalue weighted by Gasteiger charge is -2.11. The van der Waals surface area contributed by atoms with E-state index >= 15 is 0 Å². The molecule has 8 nitrogen and oxygen atoms in total. The number of amidine groups is 1. The van der Waals surface area contributed by atoms with Crippen LogP contribution in [0.3, 0.4) is 0 Å². The molecule has 0 unspecified atom stereocenters. The molecule has 2 rings (SSSR count). The van der Waals surface area contributed by atoms with Crippen LogP contribution in [0.1, 0.15) is 6.92 Å². The van der Waals surface area contributed by atoms with Gasteiger partial charge in [-0.1, -0.05) is 0 Å². The van der Waals surface area contributed by atoms with Gasteiger partial charge in [-0.3, -0.25) is 16.9 Å². The van der Waals surface area contributed by atoms with Crippen LogP contribution in [-0.2, 0) is 0 Å². The second-order valence-electron chi connectivity index (χ2n) is 5.39. The van der Waals surface area contributed by atoms with Crippen molar-refractivity contribution >= 4 is 22.9 Å². The van der Waals surface area contributed by atoms with Gasteiger partial charge in [-0.2, -0.15) is 5.10 Å². The van der Waals surface area contributed by atoms with Gasteiger partial charge in [0.2, 0.25) is 6.35 Å². The molecule has 0 spiro atoms. The summed E-state index contributed by atoms with van der Waals surface area (Å²) in [6.07, 6.45) is -0.855. The first-order valence-corrected chi connectivity index (χ1v) is 7.36. The molecular formula is C15H23N7O. The first-order chi connectivity index (χ1) is 10.9. The van der Waals surface area contributed by atoms with Crippen molar-refractivity contribution in [3.05, 3.63) is 24.3 Å². The Labute approximate surface area is 135 Å². The maximum absolute atomic E-state index is 8.23. The Morgan fingerprint density at radius 3 is 2.48 bits per heavy atom. The van der Waals surface area contributed by atoms with Gasteiger partial charge in [0.05, 0.1) is 5.69 Å². The molecule has 0 amide bonds. The molecule has 5 N–H and O–H groups in total. The van der Waals surface area contributed by atoms with Crippen LogP contribution < -0.4 is 16.2 Å². The summed E-state index contributed by atoms with van der Waals surface area (Å²) in [5, 5.41) is 14.3. The van der Waals surface area contributed by atoms with E-state index < -0.39 is 6.35 Å². The summed E-state index contributed by atoms with van der Waals surface area (Å²) in [7, 11) is 3.92. The third-order valence-corrected chi connectivity index (χ3v) is 3.11. The summed E-state index contributed by atoms with van der Waals surface area (Å²) in [5.74, 6) is 0.886. The van der Waals surface area contributed by atoms with E-state index in [-0.39, 0.29) is 0 Å². The molecule has 1 aromatic carbocycles. The van der Waals surface area contributed by atoms with E-state index in [0.29, 0.717) is 36.1 Å². The van der Waals surface area contributed by atoms with E-state index in [9.17, 15) is 0 Å². The van der Waals surface area contributed by atoms with Crippen LogP contribution in [0.4, 0.5) is 5.69 Å². The number of hydrogen-bond donors (Lipinski definition) is 3. The second-order valence-corrected chi connectivity index (χ2v) is 5.39. The third kappa shape index (κ3) is 4.35. The van der Waals surface area contributed by atoms with Crippen LogP contribution in [-0.4, -0.2) is 60.7 Å². The Morgan fingerprint density at radius 1 is 1.30 bits per heavy atom. The van der Waals surface area contributed by atoms with E-state index in [1.807, 2.05) is 25.9 Å². The molecule has 8 heteroatoms. The van der Waals surface area contributed by atoms with Crippen molar-refractivity contribution in [3.63, 3.8) is 0 Å². The van der Waals surface area contributed by atoms with Crippen molar-refractivity contribution < 1.29 is 4.74 Å². The lowest BCUT2D eigenvalue weighted by molar-refractivity contribution is 0.217. The van der Waals surface area contributed by atoms with E-state index in [4.69, 9.17) is 21.6 Å². The number of hydrogen-bond acceptors (Lipinski definition) is 7. The maximum Gasteiger partial charge on any atom is 0.201 e. The summed E-state index contributed by atoms with van der Waals surface area (Å²) >= 11 is 0. The fraction of sp³-hybridized carbons (Fsp3) is 0.400. The Morgan fingerprint density at radius 2 is 1.96 bits per heavy atom. The minimum atomic E-state index is -0.855. The molecule has 0 saturated heterocycles. The maximum atomic E-state index is 8.23. The smallest absolute Gasteiger partial charge is 0.201 e. The number of aliphatic imine (C=N–C) groups is 1. The highest BCUT2D eigenvalue weighted by Crippen LogP contribution is 2.20. The van der Waals surface area contributed by atoms with Gasteiger partial charge < -0.3 is 9.64 Å². The van der Waals surface area contributed by atoms with Gasteiger partial charge in [0.1, 0.15) is 17.2 Å². The first-order valence-electron chi connectivity index (χ1n) is 7.36. The summed E-state index contributed by atoms with van der Waals surface area (Å²) in [6.45, 7) is 3.22. The predicted molar refractivity (Wildman–Crippen MR) is 92.4 cm³/mol. The lowest BCUT2D eigenvalue weighted by Crippen LogP contribution is -2.36. The highest BCUT2D eigenvalue weighted by atomic mass is 16.5. The molecule has 0 bridgehead atoms. The largest absolute Gasteiger partial charge is 0.463 e. The first kappa shape index (κ1) is 17.1. The summed E-state index contributed by atoms with van der Waals surface area (Å²) in [5.41, 5.74) is 12.8. The molecule has 0 aliphatic carbocycles. The quantitative estimate of drug-likeness (QED) is 0.663. The van der Waals surface area contributed by atoms with Crippen LogP contribution in [0, 0.1) is 5.41 Å². The molecule has 0 saturated carbocycles. The molecule has 124 valence electrons. The number of nitrogens with one attached hydrogen (secondary N) is 1. The number of rotatable bonds is 6. The minimum absolute atomic E-state index is 0.314.